The van der Waals surface area contributed by atoms with Gasteiger partial charge in [-0.25, -0.2) is 0 Å². The second kappa shape index (κ2) is 20.8. The minimum absolute atomic E-state index is 0.0343. The fourth-order valence-corrected chi connectivity index (χ4v) is 5.62. The van der Waals surface area contributed by atoms with Crippen molar-refractivity contribution < 1.29 is 33.9 Å². The molecular formula is C33H57N7O7. The summed E-state index contributed by atoms with van der Waals surface area (Å²) in [6.07, 6.45) is 8.70. The number of carbonyl (C=O) groups is 6. The molecule has 1 saturated carbocycles. The van der Waals surface area contributed by atoms with Gasteiger partial charge in [0.1, 0.15) is 18.1 Å². The fraction of sp³-hybridized carbons (Fsp3) is 0.758. The number of aliphatic carboxylic acids is 1. The summed E-state index contributed by atoms with van der Waals surface area (Å²) in [7, 11) is 0. The molecule has 11 N–H and O–H groups in total. The Labute approximate surface area is 278 Å². The number of hydrogen-bond acceptors (Lipinski definition) is 9. The second-order valence-corrected chi connectivity index (χ2v) is 13.4. The maximum absolute atomic E-state index is 13.7. The third-order valence-corrected chi connectivity index (χ3v) is 8.58. The van der Waals surface area contributed by atoms with E-state index in [-0.39, 0.29) is 43.3 Å². The lowest BCUT2D eigenvalue weighted by Crippen LogP contribution is -2.58. The van der Waals surface area contributed by atoms with E-state index in [2.05, 4.69) is 21.3 Å². The molecule has 6 atom stereocenters. The lowest BCUT2D eigenvalue weighted by Gasteiger charge is -2.27. The van der Waals surface area contributed by atoms with Gasteiger partial charge in [-0.3, -0.25) is 28.8 Å². The summed E-state index contributed by atoms with van der Waals surface area (Å²) in [6.45, 7) is 4.59. The SMILES string of the molecule is CC(C)C[C@H](CC(=O)[C@H](CC1CC1)NC(=O)[C@@H]1CC=CC[C@H](N)C(=O)N[C@@H](CCCCN)C(=O)N[C@@H](CCCCN)C(=O)N1)C(=O)O. The normalized spacial score (nSPS) is 24.0. The molecule has 0 saturated heterocycles. The largest absolute Gasteiger partial charge is 0.481 e. The summed E-state index contributed by atoms with van der Waals surface area (Å²) >= 11 is 0. The Morgan fingerprint density at radius 1 is 0.872 bits per heavy atom. The number of nitrogens with one attached hydrogen (secondary N) is 4. The summed E-state index contributed by atoms with van der Waals surface area (Å²) in [5, 5.41) is 20.7. The predicted octanol–water partition coefficient (Wildman–Crippen LogP) is 0.367. The highest BCUT2D eigenvalue weighted by molar-refractivity contribution is 5.96. The molecule has 0 radical (unpaired) electrons. The van der Waals surface area contributed by atoms with Crippen LogP contribution in [-0.2, 0) is 28.8 Å². The number of rotatable bonds is 18. The van der Waals surface area contributed by atoms with Gasteiger partial charge < -0.3 is 43.6 Å². The van der Waals surface area contributed by atoms with Crippen LogP contribution in [-0.4, -0.2) is 83.8 Å². The number of carboxylic acids is 1. The van der Waals surface area contributed by atoms with Gasteiger partial charge >= 0.3 is 5.97 Å². The van der Waals surface area contributed by atoms with E-state index < -0.39 is 65.7 Å². The van der Waals surface area contributed by atoms with Gasteiger partial charge in [0, 0.05) is 6.42 Å². The molecule has 1 heterocycles. The predicted molar refractivity (Wildman–Crippen MR) is 177 cm³/mol. The van der Waals surface area contributed by atoms with Crippen molar-refractivity contribution >= 4 is 35.4 Å². The van der Waals surface area contributed by atoms with Crippen LogP contribution in [0.1, 0.15) is 97.3 Å². The number of ketones is 1. The van der Waals surface area contributed by atoms with E-state index in [1.54, 1.807) is 12.2 Å². The molecule has 0 bridgehead atoms. The molecule has 0 aromatic heterocycles. The molecule has 1 aliphatic carbocycles. The monoisotopic (exact) mass is 663 g/mol. The van der Waals surface area contributed by atoms with Crippen molar-refractivity contribution in [2.45, 2.75) is 128 Å². The van der Waals surface area contributed by atoms with Crippen LogP contribution in [0, 0.1) is 17.8 Å². The third-order valence-electron chi connectivity index (χ3n) is 8.58. The van der Waals surface area contributed by atoms with Crippen molar-refractivity contribution in [1.82, 2.24) is 21.3 Å². The summed E-state index contributed by atoms with van der Waals surface area (Å²) in [4.78, 5) is 78.9. The average Bonchev–Trinajstić information content (AvgIpc) is 3.84. The highest BCUT2D eigenvalue weighted by Crippen LogP contribution is 2.34. The average molecular weight is 664 g/mol. The van der Waals surface area contributed by atoms with Crippen molar-refractivity contribution in [2.24, 2.45) is 35.0 Å². The summed E-state index contributed by atoms with van der Waals surface area (Å²) in [5.41, 5.74) is 17.4. The summed E-state index contributed by atoms with van der Waals surface area (Å²) < 4.78 is 0. The first-order valence-electron chi connectivity index (χ1n) is 17.1. The first kappa shape index (κ1) is 39.8. The smallest absolute Gasteiger partial charge is 0.306 e. The molecule has 0 spiro atoms. The molecule has 14 heteroatoms. The Bertz CT molecular complexity index is 1100. The Balaban J connectivity index is 2.32. The zero-order valence-corrected chi connectivity index (χ0v) is 28.0. The van der Waals surface area contributed by atoms with Crippen molar-refractivity contribution in [3.63, 3.8) is 0 Å². The Hall–Kier alpha value is -3.36. The van der Waals surface area contributed by atoms with Gasteiger partial charge in [-0.1, -0.05) is 38.8 Å². The minimum Gasteiger partial charge on any atom is -0.481 e. The number of amides is 4. The molecule has 1 fully saturated rings. The van der Waals surface area contributed by atoms with E-state index in [1.807, 2.05) is 13.8 Å². The zero-order valence-electron chi connectivity index (χ0n) is 28.0. The van der Waals surface area contributed by atoms with Crippen LogP contribution >= 0.6 is 0 Å². The van der Waals surface area contributed by atoms with E-state index in [0.29, 0.717) is 58.0 Å². The summed E-state index contributed by atoms with van der Waals surface area (Å²) in [5.74, 6) is -4.19. The van der Waals surface area contributed by atoms with Crippen LogP contribution in [0.3, 0.4) is 0 Å². The molecule has 47 heavy (non-hydrogen) atoms. The molecule has 0 unspecified atom stereocenters. The maximum Gasteiger partial charge on any atom is 0.306 e. The van der Waals surface area contributed by atoms with Crippen LogP contribution in [0.15, 0.2) is 12.2 Å². The maximum atomic E-state index is 13.7. The Kier molecular flexibility index (Phi) is 17.6. The number of nitrogens with two attached hydrogens (primary N) is 3. The van der Waals surface area contributed by atoms with Crippen LogP contribution < -0.4 is 38.5 Å². The lowest BCUT2D eigenvalue weighted by atomic mass is 9.89. The van der Waals surface area contributed by atoms with Gasteiger partial charge in [0.2, 0.25) is 23.6 Å². The highest BCUT2D eigenvalue weighted by Gasteiger charge is 2.35. The van der Waals surface area contributed by atoms with Gasteiger partial charge in [-0.15, -0.1) is 0 Å². The Morgan fingerprint density at radius 3 is 1.96 bits per heavy atom. The highest BCUT2D eigenvalue weighted by atomic mass is 16.4. The number of carboxylic acid groups (broad SMARTS) is 1. The van der Waals surface area contributed by atoms with Gasteiger partial charge in [0.25, 0.3) is 0 Å². The molecule has 0 aromatic rings. The van der Waals surface area contributed by atoms with Gasteiger partial charge in [-0.05, 0) is 89.1 Å². The first-order valence-corrected chi connectivity index (χ1v) is 17.1. The molecule has 1 aliphatic heterocycles. The fourth-order valence-electron chi connectivity index (χ4n) is 5.62. The van der Waals surface area contributed by atoms with E-state index >= 15 is 0 Å². The van der Waals surface area contributed by atoms with Gasteiger partial charge in [-0.2, -0.15) is 0 Å². The molecule has 2 rings (SSSR count). The molecule has 4 amide bonds. The quantitative estimate of drug-likeness (QED) is 0.0739. The zero-order chi connectivity index (χ0) is 34.9. The van der Waals surface area contributed by atoms with E-state index in [9.17, 15) is 33.9 Å². The van der Waals surface area contributed by atoms with E-state index in [4.69, 9.17) is 17.2 Å². The third kappa shape index (κ3) is 14.9. The van der Waals surface area contributed by atoms with Gasteiger partial charge in [0.05, 0.1) is 18.0 Å². The number of hydrogen-bond donors (Lipinski definition) is 8. The number of Topliss-reactive ketones (excluding diaryl/α,β-unsaturated/α-hetero) is 1. The minimum atomic E-state index is -1.11. The second-order valence-electron chi connectivity index (χ2n) is 13.4. The lowest BCUT2D eigenvalue weighted by molar-refractivity contribution is -0.144. The molecule has 0 aromatic carbocycles. The molecule has 2 aliphatic rings. The molecular weight excluding hydrogens is 606 g/mol. The molecule has 266 valence electrons. The van der Waals surface area contributed by atoms with Crippen molar-refractivity contribution in [3.8, 4) is 0 Å². The van der Waals surface area contributed by atoms with E-state index in [1.165, 1.54) is 0 Å². The topological polar surface area (TPSA) is 249 Å². The number of carbonyl (C=O) groups excluding carboxylic acids is 5. The Morgan fingerprint density at radius 2 is 1.43 bits per heavy atom. The summed E-state index contributed by atoms with van der Waals surface area (Å²) in [6, 6.07) is -4.91. The van der Waals surface area contributed by atoms with Crippen LogP contribution in [0.2, 0.25) is 0 Å². The van der Waals surface area contributed by atoms with Crippen molar-refractivity contribution in [3.05, 3.63) is 12.2 Å². The molecule has 14 nitrogen and oxygen atoms in total. The van der Waals surface area contributed by atoms with Crippen LogP contribution in [0.5, 0.6) is 0 Å². The first-order chi connectivity index (χ1) is 22.4. The standard InChI is InChI=1S/C33H57N7O7/c1-20(2)17-22(33(46)47)19-28(41)27(18-21-13-14-21)40-32(45)25-10-4-3-9-23(36)29(42)37-24(11-5-7-15-34)30(43)39-26(31(44)38-25)12-6-8-16-35/h3-4,20-27H,5-19,34-36H2,1-2H3,(H,37,42)(H,38,44)(H,39,43)(H,40,45)(H,46,47)/t22-,23+,24+,25+,26+,27+/m1/s1. The number of unbranched alkanes of at least 4 members (excludes halogenated alkanes) is 2. The van der Waals surface area contributed by atoms with Gasteiger partial charge in [0.15, 0.2) is 5.78 Å². The van der Waals surface area contributed by atoms with Crippen LogP contribution in [0.4, 0.5) is 0 Å². The van der Waals surface area contributed by atoms with Crippen LogP contribution in [0.25, 0.3) is 0 Å². The van der Waals surface area contributed by atoms with E-state index in [0.717, 1.165) is 12.8 Å². The van der Waals surface area contributed by atoms with Crippen molar-refractivity contribution in [1.29, 1.82) is 0 Å². The van der Waals surface area contributed by atoms with Crippen molar-refractivity contribution in [2.75, 3.05) is 13.1 Å².